The van der Waals surface area contributed by atoms with Gasteiger partial charge in [0.25, 0.3) is 0 Å². The molecule has 0 radical (unpaired) electrons. The highest BCUT2D eigenvalue weighted by Gasteiger charge is 2.19. The van der Waals surface area contributed by atoms with Crippen LogP contribution in [0.3, 0.4) is 0 Å². The molecule has 0 spiro atoms. The first-order valence-electron chi connectivity index (χ1n) is 34.6. The van der Waals surface area contributed by atoms with Crippen LogP contribution in [0, 0.1) is 0 Å². The molecular weight excluding hydrogens is 985 g/mol. The van der Waals surface area contributed by atoms with E-state index in [-0.39, 0.29) is 37.5 Å². The first kappa shape index (κ1) is 76.6. The Morgan fingerprint density at radius 1 is 0.263 bits per heavy atom. The number of allylic oxidation sites excluding steroid dienone is 14. The van der Waals surface area contributed by atoms with E-state index in [9.17, 15) is 14.4 Å². The summed E-state index contributed by atoms with van der Waals surface area (Å²) in [4.78, 5) is 38.2. The predicted octanol–water partition coefficient (Wildman–Crippen LogP) is 23.8. The Morgan fingerprint density at radius 3 is 0.863 bits per heavy atom. The molecule has 0 aromatic rings. The molecule has 0 saturated heterocycles. The van der Waals surface area contributed by atoms with Crippen LogP contribution in [0.2, 0.25) is 0 Å². The summed E-state index contributed by atoms with van der Waals surface area (Å²) in [5.74, 6) is -0.988. The van der Waals surface area contributed by atoms with E-state index in [0.717, 1.165) is 89.9 Å². The van der Waals surface area contributed by atoms with Crippen molar-refractivity contribution < 1.29 is 28.6 Å². The van der Waals surface area contributed by atoms with E-state index in [2.05, 4.69) is 99.8 Å². The number of unbranched alkanes of at least 4 members (excludes halogenated alkanes) is 38. The molecule has 0 aliphatic heterocycles. The van der Waals surface area contributed by atoms with Crippen molar-refractivity contribution in [2.24, 2.45) is 0 Å². The van der Waals surface area contributed by atoms with Crippen molar-refractivity contribution in [2.75, 3.05) is 13.2 Å². The third-order valence-corrected chi connectivity index (χ3v) is 15.1. The summed E-state index contributed by atoms with van der Waals surface area (Å²) in [5.41, 5.74) is 0. The summed E-state index contributed by atoms with van der Waals surface area (Å²) in [5, 5.41) is 0. The third kappa shape index (κ3) is 65.4. The molecule has 0 aliphatic carbocycles. The molecule has 0 heterocycles. The molecular formula is C74H130O6. The molecule has 462 valence electrons. The molecule has 1 atom stereocenters. The molecule has 0 aromatic carbocycles. The highest BCUT2D eigenvalue weighted by atomic mass is 16.6. The Kier molecular flexibility index (Phi) is 65.2. The number of carbonyl (C=O) groups is 3. The highest BCUT2D eigenvalue weighted by Crippen LogP contribution is 2.17. The second-order valence-electron chi connectivity index (χ2n) is 23.1. The van der Waals surface area contributed by atoms with Crippen LogP contribution in [0.15, 0.2) is 85.1 Å². The van der Waals surface area contributed by atoms with Crippen LogP contribution in [0.25, 0.3) is 0 Å². The summed E-state index contributed by atoms with van der Waals surface area (Å²) in [6.45, 7) is 6.47. The molecule has 1 unspecified atom stereocenters. The minimum absolute atomic E-state index is 0.102. The summed E-state index contributed by atoms with van der Waals surface area (Å²) >= 11 is 0. The van der Waals surface area contributed by atoms with Crippen LogP contribution >= 0.6 is 0 Å². The lowest BCUT2D eigenvalue weighted by Gasteiger charge is -2.18. The first-order chi connectivity index (χ1) is 39.5. The van der Waals surface area contributed by atoms with E-state index in [0.29, 0.717) is 19.3 Å². The van der Waals surface area contributed by atoms with Gasteiger partial charge in [0.1, 0.15) is 13.2 Å². The van der Waals surface area contributed by atoms with Crippen molar-refractivity contribution in [3.63, 3.8) is 0 Å². The standard InChI is InChI=1S/C74H130O6/c1-4-7-10-13-16-19-22-25-27-29-30-31-32-33-34-35-36-37-38-39-40-41-42-43-44-45-47-49-52-55-58-61-64-67-73(76)79-70-71(69-78-72(75)66-63-60-57-54-51-48-24-21-18-15-12-9-6-3)80-74(77)68-65-62-59-56-53-50-46-28-26-23-20-17-14-11-8-5-2/h9,12,18,20-21,23,28-30,46,48,51,57,60,71H,4-8,10-11,13-17,19,22,24-27,31-45,47,49-50,52-56,58-59,61-70H2,1-3H3/b12-9-,21-18-,23-20-,30-29-,46-28-,51-48-,60-57-. The Morgan fingerprint density at radius 2 is 0.512 bits per heavy atom. The van der Waals surface area contributed by atoms with Gasteiger partial charge in [0.15, 0.2) is 6.10 Å². The van der Waals surface area contributed by atoms with Crippen LogP contribution in [0.1, 0.15) is 348 Å². The maximum Gasteiger partial charge on any atom is 0.306 e. The van der Waals surface area contributed by atoms with E-state index in [1.165, 1.54) is 212 Å². The highest BCUT2D eigenvalue weighted by molar-refractivity contribution is 5.71. The van der Waals surface area contributed by atoms with Gasteiger partial charge in [-0.3, -0.25) is 14.4 Å². The van der Waals surface area contributed by atoms with Gasteiger partial charge in [-0.1, -0.05) is 311 Å². The molecule has 0 N–H and O–H groups in total. The van der Waals surface area contributed by atoms with Gasteiger partial charge in [0.05, 0.1) is 0 Å². The van der Waals surface area contributed by atoms with Gasteiger partial charge in [-0.25, -0.2) is 0 Å². The minimum Gasteiger partial charge on any atom is -0.462 e. The number of rotatable bonds is 63. The van der Waals surface area contributed by atoms with E-state index in [4.69, 9.17) is 14.2 Å². The molecule has 0 rings (SSSR count). The smallest absolute Gasteiger partial charge is 0.306 e. The Bertz CT molecular complexity index is 1520. The Hall–Kier alpha value is -3.41. The van der Waals surface area contributed by atoms with Crippen molar-refractivity contribution >= 4 is 17.9 Å². The van der Waals surface area contributed by atoms with Gasteiger partial charge in [-0.2, -0.15) is 0 Å². The normalized spacial score (nSPS) is 12.6. The van der Waals surface area contributed by atoms with Crippen LogP contribution in [-0.2, 0) is 28.6 Å². The van der Waals surface area contributed by atoms with E-state index in [1.54, 1.807) is 0 Å². The number of hydrogen-bond acceptors (Lipinski definition) is 6. The summed E-state index contributed by atoms with van der Waals surface area (Å²) in [6.07, 6.45) is 90.8. The Balaban J connectivity index is 4.16. The zero-order chi connectivity index (χ0) is 57.8. The van der Waals surface area contributed by atoms with Crippen LogP contribution in [0.5, 0.6) is 0 Å². The zero-order valence-electron chi connectivity index (χ0n) is 53.1. The topological polar surface area (TPSA) is 78.9 Å². The van der Waals surface area contributed by atoms with Crippen molar-refractivity contribution in [2.45, 2.75) is 354 Å². The van der Waals surface area contributed by atoms with Crippen LogP contribution < -0.4 is 0 Å². The average molecular weight is 1120 g/mol. The van der Waals surface area contributed by atoms with E-state index in [1.807, 2.05) is 6.08 Å². The lowest BCUT2D eigenvalue weighted by Crippen LogP contribution is -2.30. The fourth-order valence-electron chi connectivity index (χ4n) is 9.96. The fourth-order valence-corrected chi connectivity index (χ4v) is 9.96. The van der Waals surface area contributed by atoms with Crippen LogP contribution in [0.4, 0.5) is 0 Å². The summed E-state index contributed by atoms with van der Waals surface area (Å²) in [6, 6.07) is 0. The lowest BCUT2D eigenvalue weighted by molar-refractivity contribution is -0.166. The molecule has 6 heteroatoms. The number of esters is 3. The second kappa shape index (κ2) is 68.1. The quantitative estimate of drug-likeness (QED) is 0.0261. The molecule has 0 saturated carbocycles. The zero-order valence-corrected chi connectivity index (χ0v) is 53.1. The fraction of sp³-hybridized carbons (Fsp3) is 0.770. The SMILES string of the molecule is CC/C=C\C/C=C\C/C=C\C/C=C\CCC(=O)OCC(COC(=O)CCCCCCCCCCCCCCCCCCCCCCC/C=C\CCCCCCCCCC)OC(=O)CCCCCCC/C=C\C/C=C\CCCCCC. The molecule has 0 aliphatic rings. The van der Waals surface area contributed by atoms with Gasteiger partial charge in [0.2, 0.25) is 0 Å². The van der Waals surface area contributed by atoms with Gasteiger partial charge < -0.3 is 14.2 Å². The van der Waals surface area contributed by atoms with Gasteiger partial charge in [-0.05, 0) is 103 Å². The van der Waals surface area contributed by atoms with Crippen molar-refractivity contribution in [1.82, 2.24) is 0 Å². The number of carbonyl (C=O) groups excluding carboxylic acids is 3. The summed E-state index contributed by atoms with van der Waals surface area (Å²) < 4.78 is 16.8. The maximum atomic E-state index is 12.9. The molecule has 0 fully saturated rings. The predicted molar refractivity (Wildman–Crippen MR) is 348 cm³/mol. The Labute approximate surface area is 496 Å². The van der Waals surface area contributed by atoms with Crippen LogP contribution in [-0.4, -0.2) is 37.2 Å². The average Bonchev–Trinajstić information content (AvgIpc) is 3.46. The van der Waals surface area contributed by atoms with Crippen molar-refractivity contribution in [1.29, 1.82) is 0 Å². The maximum absolute atomic E-state index is 12.9. The van der Waals surface area contributed by atoms with Gasteiger partial charge in [0, 0.05) is 19.3 Å². The monoisotopic (exact) mass is 1110 g/mol. The largest absolute Gasteiger partial charge is 0.462 e. The molecule has 0 amide bonds. The third-order valence-electron chi connectivity index (χ3n) is 15.1. The van der Waals surface area contributed by atoms with Gasteiger partial charge >= 0.3 is 17.9 Å². The number of ether oxygens (including phenoxy) is 3. The number of hydrogen-bond donors (Lipinski definition) is 0. The summed E-state index contributed by atoms with van der Waals surface area (Å²) in [7, 11) is 0. The van der Waals surface area contributed by atoms with Crippen molar-refractivity contribution in [3.05, 3.63) is 85.1 Å². The van der Waals surface area contributed by atoms with E-state index < -0.39 is 6.10 Å². The van der Waals surface area contributed by atoms with Crippen molar-refractivity contribution in [3.8, 4) is 0 Å². The molecule has 0 bridgehead atoms. The van der Waals surface area contributed by atoms with E-state index >= 15 is 0 Å². The lowest BCUT2D eigenvalue weighted by atomic mass is 10.0. The second-order valence-corrected chi connectivity index (χ2v) is 23.1. The minimum atomic E-state index is -0.813. The van der Waals surface area contributed by atoms with Gasteiger partial charge in [-0.15, -0.1) is 0 Å². The molecule has 80 heavy (non-hydrogen) atoms. The molecule has 0 aromatic heterocycles. The molecule has 6 nitrogen and oxygen atoms in total. The first-order valence-corrected chi connectivity index (χ1v) is 34.6.